The van der Waals surface area contributed by atoms with Crippen LogP contribution in [0.2, 0.25) is 0 Å². The lowest BCUT2D eigenvalue weighted by Crippen LogP contribution is -2.51. The van der Waals surface area contributed by atoms with E-state index in [4.69, 9.17) is 0 Å². The van der Waals surface area contributed by atoms with Crippen molar-refractivity contribution in [2.75, 3.05) is 0 Å². The van der Waals surface area contributed by atoms with Gasteiger partial charge in [0.05, 0.1) is 0 Å². The number of hydrogen-bond donors (Lipinski definition) is 0. The fourth-order valence-corrected chi connectivity index (χ4v) is 4.70. The van der Waals surface area contributed by atoms with Crippen LogP contribution in [0, 0.1) is 5.82 Å². The maximum absolute atomic E-state index is 13.0. The number of rotatable bonds is 2. The predicted octanol–water partition coefficient (Wildman–Crippen LogP) is 5.51. The molecule has 19 heavy (non-hydrogen) atoms. The Balaban J connectivity index is 2.08. The van der Waals surface area contributed by atoms with E-state index in [1.807, 2.05) is 23.5 Å². The third-order valence-electron chi connectivity index (χ3n) is 5.11. The molecule has 0 radical (unpaired) electrons. The lowest BCUT2D eigenvalue weighted by Gasteiger charge is -2.53. The summed E-state index contributed by atoms with van der Waals surface area (Å²) in [6, 6.07) is 9.13. The van der Waals surface area contributed by atoms with Gasteiger partial charge >= 0.3 is 0 Å². The maximum atomic E-state index is 13.0. The van der Waals surface area contributed by atoms with Gasteiger partial charge in [0.2, 0.25) is 0 Å². The van der Waals surface area contributed by atoms with E-state index < -0.39 is 0 Å². The minimum Gasteiger partial charge on any atom is -0.207 e. The van der Waals surface area contributed by atoms with Gasteiger partial charge in [-0.1, -0.05) is 39.8 Å². The zero-order valence-electron chi connectivity index (χ0n) is 11.9. The lowest BCUT2D eigenvalue weighted by atomic mass is 9.51. The Morgan fingerprint density at radius 1 is 1.11 bits per heavy atom. The molecule has 0 saturated carbocycles. The van der Waals surface area contributed by atoms with E-state index in [0.29, 0.717) is 0 Å². The minimum absolute atomic E-state index is 0.172. The Morgan fingerprint density at radius 2 is 1.74 bits per heavy atom. The quantitative estimate of drug-likeness (QED) is 0.677. The van der Waals surface area contributed by atoms with Gasteiger partial charge in [0.15, 0.2) is 0 Å². The molecule has 0 spiro atoms. The molecule has 0 aliphatic heterocycles. The van der Waals surface area contributed by atoms with Crippen LogP contribution >= 0.6 is 11.3 Å². The van der Waals surface area contributed by atoms with Gasteiger partial charge in [0, 0.05) is 20.6 Å². The SMILES string of the molecule is CCC1(C)c2cc(-c3ccc(F)cc3)sc2C1(C)C. The Kier molecular flexibility index (Phi) is 2.66. The summed E-state index contributed by atoms with van der Waals surface area (Å²) in [5, 5.41) is 0. The van der Waals surface area contributed by atoms with Crippen LogP contribution in [0.5, 0.6) is 0 Å². The van der Waals surface area contributed by atoms with Crippen molar-refractivity contribution in [3.8, 4) is 10.4 Å². The van der Waals surface area contributed by atoms with Gasteiger partial charge in [-0.15, -0.1) is 11.3 Å². The third kappa shape index (κ3) is 1.56. The Labute approximate surface area is 118 Å². The van der Waals surface area contributed by atoms with Crippen LogP contribution in [-0.2, 0) is 10.8 Å². The number of benzene rings is 1. The Morgan fingerprint density at radius 3 is 2.32 bits per heavy atom. The molecule has 0 N–H and O–H groups in total. The second kappa shape index (κ2) is 3.92. The summed E-state index contributed by atoms with van der Waals surface area (Å²) < 4.78 is 13.0. The van der Waals surface area contributed by atoms with Gasteiger partial charge in [0.1, 0.15) is 5.82 Å². The molecule has 1 aliphatic carbocycles. The fourth-order valence-electron chi connectivity index (χ4n) is 3.18. The first-order valence-corrected chi connectivity index (χ1v) is 7.62. The van der Waals surface area contributed by atoms with Crippen LogP contribution in [0.15, 0.2) is 30.3 Å². The van der Waals surface area contributed by atoms with Crippen LogP contribution < -0.4 is 0 Å². The smallest absolute Gasteiger partial charge is 0.123 e. The molecular formula is C17H19FS. The van der Waals surface area contributed by atoms with Crippen LogP contribution in [0.4, 0.5) is 4.39 Å². The second-order valence-corrected chi connectivity index (χ2v) is 7.22. The molecular weight excluding hydrogens is 255 g/mol. The van der Waals surface area contributed by atoms with Crippen molar-refractivity contribution in [2.24, 2.45) is 0 Å². The molecule has 1 unspecified atom stereocenters. The highest BCUT2D eigenvalue weighted by Gasteiger charge is 2.54. The molecule has 100 valence electrons. The molecule has 1 aliphatic rings. The van der Waals surface area contributed by atoms with Crippen molar-refractivity contribution in [2.45, 2.75) is 44.9 Å². The molecule has 2 aromatic rings. The molecule has 0 fully saturated rings. The first-order valence-electron chi connectivity index (χ1n) is 6.81. The van der Waals surface area contributed by atoms with Gasteiger partial charge in [-0.3, -0.25) is 0 Å². The van der Waals surface area contributed by atoms with Crippen LogP contribution in [-0.4, -0.2) is 0 Å². The largest absolute Gasteiger partial charge is 0.207 e. The van der Waals surface area contributed by atoms with Gasteiger partial charge in [-0.25, -0.2) is 4.39 Å². The Hall–Kier alpha value is -1.15. The van der Waals surface area contributed by atoms with Crippen LogP contribution in [0.25, 0.3) is 10.4 Å². The first kappa shape index (κ1) is 12.9. The first-order chi connectivity index (χ1) is 8.90. The van der Waals surface area contributed by atoms with Crippen molar-refractivity contribution in [1.29, 1.82) is 0 Å². The third-order valence-corrected chi connectivity index (χ3v) is 6.62. The number of thiophene rings is 1. The van der Waals surface area contributed by atoms with E-state index >= 15 is 0 Å². The second-order valence-electron chi connectivity index (χ2n) is 6.17. The van der Waals surface area contributed by atoms with Crippen LogP contribution in [0.3, 0.4) is 0 Å². The molecule has 1 atom stereocenters. The minimum atomic E-state index is -0.172. The van der Waals surface area contributed by atoms with Gasteiger partial charge < -0.3 is 0 Å². The van der Waals surface area contributed by atoms with Crippen molar-refractivity contribution < 1.29 is 4.39 Å². The molecule has 0 bridgehead atoms. The molecule has 2 heteroatoms. The summed E-state index contributed by atoms with van der Waals surface area (Å²) in [6.45, 7) is 9.30. The van der Waals surface area contributed by atoms with Crippen molar-refractivity contribution >= 4 is 11.3 Å². The standard InChI is InChI=1S/C17H19FS/c1-5-17(4)13-10-14(19-15(13)16(17,2)3)11-6-8-12(18)9-7-11/h6-10H,5H2,1-4H3. The van der Waals surface area contributed by atoms with E-state index in [0.717, 1.165) is 12.0 Å². The summed E-state index contributed by atoms with van der Waals surface area (Å²) in [5.41, 5.74) is 3.14. The fraction of sp³-hybridized carbons (Fsp3) is 0.412. The molecule has 0 amide bonds. The summed E-state index contributed by atoms with van der Waals surface area (Å²) in [6.07, 6.45) is 1.16. The van der Waals surface area contributed by atoms with Gasteiger partial charge in [-0.2, -0.15) is 0 Å². The van der Waals surface area contributed by atoms with E-state index in [-0.39, 0.29) is 16.6 Å². The summed E-state index contributed by atoms with van der Waals surface area (Å²) in [4.78, 5) is 2.76. The lowest BCUT2D eigenvalue weighted by molar-refractivity contribution is 0.218. The zero-order chi connectivity index (χ0) is 13.8. The number of fused-ring (bicyclic) bond motifs is 1. The maximum Gasteiger partial charge on any atom is 0.123 e. The van der Waals surface area contributed by atoms with Crippen molar-refractivity contribution in [3.63, 3.8) is 0 Å². The average molecular weight is 274 g/mol. The molecule has 1 aromatic heterocycles. The zero-order valence-corrected chi connectivity index (χ0v) is 12.7. The van der Waals surface area contributed by atoms with Gasteiger partial charge in [0.25, 0.3) is 0 Å². The van der Waals surface area contributed by atoms with Crippen LogP contribution in [0.1, 0.15) is 44.6 Å². The Bertz CT molecular complexity index is 621. The average Bonchev–Trinajstić information content (AvgIpc) is 2.82. The monoisotopic (exact) mass is 274 g/mol. The van der Waals surface area contributed by atoms with E-state index in [1.165, 1.54) is 27.5 Å². The molecule has 1 heterocycles. The number of halogens is 1. The number of hydrogen-bond acceptors (Lipinski definition) is 1. The molecule has 1 aromatic carbocycles. The summed E-state index contributed by atoms with van der Waals surface area (Å²) in [7, 11) is 0. The van der Waals surface area contributed by atoms with E-state index in [1.54, 1.807) is 0 Å². The topological polar surface area (TPSA) is 0 Å². The normalized spacial score (nSPS) is 23.8. The predicted molar refractivity (Wildman–Crippen MR) is 80.4 cm³/mol. The summed E-state index contributed by atoms with van der Waals surface area (Å²) in [5.74, 6) is -0.172. The summed E-state index contributed by atoms with van der Waals surface area (Å²) >= 11 is 1.86. The molecule has 3 rings (SSSR count). The van der Waals surface area contributed by atoms with E-state index in [9.17, 15) is 4.39 Å². The van der Waals surface area contributed by atoms with Crippen molar-refractivity contribution in [3.05, 3.63) is 46.6 Å². The highest BCUT2D eigenvalue weighted by atomic mass is 32.1. The molecule has 0 saturated heterocycles. The van der Waals surface area contributed by atoms with Gasteiger partial charge in [-0.05, 0) is 35.7 Å². The highest BCUT2D eigenvalue weighted by Crippen LogP contribution is 2.61. The molecule has 0 nitrogen and oxygen atoms in total. The van der Waals surface area contributed by atoms with Crippen molar-refractivity contribution in [1.82, 2.24) is 0 Å². The highest BCUT2D eigenvalue weighted by molar-refractivity contribution is 7.16. The van der Waals surface area contributed by atoms with E-state index in [2.05, 4.69) is 33.8 Å².